The molecule has 2 heterocycles. The number of aryl methyl sites for hydroxylation is 1. The smallest absolute Gasteiger partial charge is 0.257 e. The van der Waals surface area contributed by atoms with E-state index in [1.807, 2.05) is 43.0 Å². The molecule has 0 atom stereocenters. The molecule has 2 aromatic carbocycles. The fourth-order valence-corrected chi connectivity index (χ4v) is 3.40. The summed E-state index contributed by atoms with van der Waals surface area (Å²) in [5, 5.41) is 2.86. The van der Waals surface area contributed by atoms with Gasteiger partial charge in [0.05, 0.1) is 12.8 Å². The summed E-state index contributed by atoms with van der Waals surface area (Å²) < 4.78 is 18.7. The van der Waals surface area contributed by atoms with E-state index in [0.29, 0.717) is 35.1 Å². The average molecular weight is 430 g/mol. The number of rotatable bonds is 7. The minimum atomic E-state index is -0.335. The molecule has 1 amide bonds. The summed E-state index contributed by atoms with van der Waals surface area (Å²) in [6.07, 6.45) is 3.07. The molecule has 162 valence electrons. The molecule has 4 rings (SSSR count). The number of amides is 1. The minimum absolute atomic E-state index is 0.252. The molecule has 32 heavy (non-hydrogen) atoms. The molecule has 0 saturated carbocycles. The summed E-state index contributed by atoms with van der Waals surface area (Å²) >= 11 is 0. The van der Waals surface area contributed by atoms with Crippen molar-refractivity contribution in [2.75, 3.05) is 11.4 Å². The Kier molecular flexibility index (Phi) is 6.26. The summed E-state index contributed by atoms with van der Waals surface area (Å²) in [6, 6.07) is 17.5. The third-order valence-corrected chi connectivity index (χ3v) is 5.00. The van der Waals surface area contributed by atoms with Crippen LogP contribution in [0, 0.1) is 12.7 Å². The van der Waals surface area contributed by atoms with Crippen LogP contribution < -0.4 is 10.2 Å². The molecule has 0 radical (unpaired) electrons. The number of hydrogen-bond donors (Lipinski definition) is 1. The number of aromatic nitrogens is 2. The largest absolute Gasteiger partial charge is 0.467 e. The Hall–Kier alpha value is -4.00. The summed E-state index contributed by atoms with van der Waals surface area (Å²) in [4.78, 5) is 24.1. The van der Waals surface area contributed by atoms with Crippen molar-refractivity contribution >= 4 is 17.4 Å². The second-order valence-corrected chi connectivity index (χ2v) is 7.28. The maximum Gasteiger partial charge on any atom is 0.257 e. The van der Waals surface area contributed by atoms with E-state index in [4.69, 9.17) is 9.40 Å². The first kappa shape index (κ1) is 21.2. The molecule has 6 nitrogen and oxygen atoms in total. The zero-order valence-electron chi connectivity index (χ0n) is 17.9. The first-order valence-corrected chi connectivity index (χ1v) is 10.3. The Morgan fingerprint density at radius 2 is 1.94 bits per heavy atom. The molecular weight excluding hydrogens is 407 g/mol. The molecule has 1 N–H and O–H groups in total. The van der Waals surface area contributed by atoms with E-state index in [9.17, 15) is 9.18 Å². The summed E-state index contributed by atoms with van der Waals surface area (Å²) in [5.41, 5.74) is 3.01. The van der Waals surface area contributed by atoms with Crippen molar-refractivity contribution in [3.05, 3.63) is 95.8 Å². The Morgan fingerprint density at radius 1 is 1.12 bits per heavy atom. The van der Waals surface area contributed by atoms with Gasteiger partial charge in [-0.1, -0.05) is 12.1 Å². The Morgan fingerprint density at radius 3 is 2.62 bits per heavy atom. The number of nitrogens with zero attached hydrogens (tertiary/aromatic N) is 3. The first-order valence-electron chi connectivity index (χ1n) is 10.3. The fourth-order valence-electron chi connectivity index (χ4n) is 3.40. The van der Waals surface area contributed by atoms with Gasteiger partial charge in [-0.05, 0) is 67.9 Å². The fraction of sp³-hybridized carbons (Fsp3) is 0.160. The van der Waals surface area contributed by atoms with E-state index in [2.05, 4.69) is 10.3 Å². The normalized spacial score (nSPS) is 10.7. The van der Waals surface area contributed by atoms with Crippen molar-refractivity contribution in [1.82, 2.24) is 15.3 Å². The van der Waals surface area contributed by atoms with Crippen LogP contribution >= 0.6 is 0 Å². The molecule has 0 aliphatic carbocycles. The molecule has 0 unspecified atom stereocenters. The predicted octanol–water partition coefficient (Wildman–Crippen LogP) is 5.27. The van der Waals surface area contributed by atoms with Crippen molar-refractivity contribution in [3.8, 4) is 11.4 Å². The Bertz CT molecular complexity index is 1210. The number of carbonyl (C=O) groups is 1. The SMILES string of the molecule is CCN(c1cccc(C)c1)c1nc(-c2ccc(F)cc2)ncc1C(=O)NCc1ccco1. The Labute approximate surface area is 185 Å². The second-order valence-electron chi connectivity index (χ2n) is 7.28. The summed E-state index contributed by atoms with van der Waals surface area (Å²) in [7, 11) is 0. The zero-order valence-corrected chi connectivity index (χ0v) is 17.9. The lowest BCUT2D eigenvalue weighted by molar-refractivity contribution is 0.0948. The van der Waals surface area contributed by atoms with Crippen LogP contribution in [0.3, 0.4) is 0 Å². The maximum atomic E-state index is 13.4. The number of nitrogens with one attached hydrogen (secondary N) is 1. The van der Waals surface area contributed by atoms with Crippen LogP contribution in [0.5, 0.6) is 0 Å². The van der Waals surface area contributed by atoms with Gasteiger partial charge in [0.2, 0.25) is 0 Å². The van der Waals surface area contributed by atoms with Gasteiger partial charge < -0.3 is 14.6 Å². The molecule has 0 spiro atoms. The van der Waals surface area contributed by atoms with E-state index < -0.39 is 0 Å². The highest BCUT2D eigenvalue weighted by Crippen LogP contribution is 2.29. The highest BCUT2D eigenvalue weighted by molar-refractivity contribution is 5.99. The summed E-state index contributed by atoms with van der Waals surface area (Å²) in [5.74, 6) is 0.888. The van der Waals surface area contributed by atoms with Gasteiger partial charge in [-0.15, -0.1) is 0 Å². The standard InChI is InChI=1S/C25H23FN4O2/c1-3-30(20-7-4-6-17(2)14-20)24-22(25(31)28-15-21-8-5-13-32-21)16-27-23(29-24)18-9-11-19(26)12-10-18/h4-14,16H,3,15H2,1-2H3,(H,28,31). The van der Waals surface area contributed by atoms with Crippen molar-refractivity contribution in [2.45, 2.75) is 20.4 Å². The van der Waals surface area contributed by atoms with E-state index in [0.717, 1.165) is 11.3 Å². The maximum absolute atomic E-state index is 13.4. The van der Waals surface area contributed by atoms with Gasteiger partial charge in [-0.2, -0.15) is 0 Å². The van der Waals surface area contributed by atoms with Crippen LogP contribution in [-0.2, 0) is 6.54 Å². The first-order chi connectivity index (χ1) is 15.5. The number of carbonyl (C=O) groups excluding carboxylic acids is 1. The third kappa shape index (κ3) is 4.67. The van der Waals surface area contributed by atoms with Crippen LogP contribution in [0.1, 0.15) is 28.6 Å². The number of halogens is 1. The lowest BCUT2D eigenvalue weighted by Gasteiger charge is -2.25. The zero-order chi connectivity index (χ0) is 22.5. The van der Waals surface area contributed by atoms with Crippen molar-refractivity contribution in [1.29, 1.82) is 0 Å². The topological polar surface area (TPSA) is 71.3 Å². The van der Waals surface area contributed by atoms with E-state index in [1.54, 1.807) is 30.5 Å². The minimum Gasteiger partial charge on any atom is -0.467 e. The number of hydrogen-bond acceptors (Lipinski definition) is 5. The van der Waals surface area contributed by atoms with Gasteiger partial charge in [-0.25, -0.2) is 14.4 Å². The summed E-state index contributed by atoms with van der Waals surface area (Å²) in [6.45, 7) is 4.84. The molecule has 7 heteroatoms. The second kappa shape index (κ2) is 9.43. The van der Waals surface area contributed by atoms with Gasteiger partial charge in [-0.3, -0.25) is 4.79 Å². The van der Waals surface area contributed by atoms with Gasteiger partial charge in [0.15, 0.2) is 5.82 Å². The van der Waals surface area contributed by atoms with E-state index in [1.165, 1.54) is 18.3 Å². The molecule has 0 aliphatic rings. The van der Waals surface area contributed by atoms with E-state index >= 15 is 0 Å². The molecule has 4 aromatic rings. The number of furan rings is 1. The predicted molar refractivity (Wildman–Crippen MR) is 121 cm³/mol. The molecule has 0 fully saturated rings. The number of benzene rings is 2. The molecule has 0 aliphatic heterocycles. The Balaban J connectivity index is 1.75. The van der Waals surface area contributed by atoms with E-state index in [-0.39, 0.29) is 18.3 Å². The van der Waals surface area contributed by atoms with Gasteiger partial charge >= 0.3 is 0 Å². The molecule has 2 aromatic heterocycles. The monoisotopic (exact) mass is 430 g/mol. The van der Waals surface area contributed by atoms with Crippen molar-refractivity contribution in [2.24, 2.45) is 0 Å². The van der Waals surface area contributed by atoms with Gasteiger partial charge in [0.25, 0.3) is 5.91 Å². The van der Waals surface area contributed by atoms with Gasteiger partial charge in [0, 0.05) is 24.0 Å². The van der Waals surface area contributed by atoms with Crippen LogP contribution in [0.25, 0.3) is 11.4 Å². The third-order valence-electron chi connectivity index (χ3n) is 5.00. The lowest BCUT2D eigenvalue weighted by Crippen LogP contribution is -2.27. The van der Waals surface area contributed by atoms with Crippen LogP contribution in [0.4, 0.5) is 15.9 Å². The lowest BCUT2D eigenvalue weighted by atomic mass is 10.1. The van der Waals surface area contributed by atoms with Crippen molar-refractivity contribution in [3.63, 3.8) is 0 Å². The van der Waals surface area contributed by atoms with Crippen LogP contribution in [-0.4, -0.2) is 22.4 Å². The van der Waals surface area contributed by atoms with Crippen molar-refractivity contribution < 1.29 is 13.6 Å². The molecule has 0 saturated heterocycles. The quantitative estimate of drug-likeness (QED) is 0.432. The average Bonchev–Trinajstić information content (AvgIpc) is 3.32. The molecular formula is C25H23FN4O2. The van der Waals surface area contributed by atoms with Crippen LogP contribution in [0.2, 0.25) is 0 Å². The highest BCUT2D eigenvalue weighted by Gasteiger charge is 2.21. The van der Waals surface area contributed by atoms with Gasteiger partial charge in [0.1, 0.15) is 23.0 Å². The number of anilines is 2. The highest BCUT2D eigenvalue weighted by atomic mass is 19.1. The molecule has 0 bridgehead atoms. The van der Waals surface area contributed by atoms with Crippen LogP contribution in [0.15, 0.2) is 77.5 Å².